The first-order valence-corrected chi connectivity index (χ1v) is 9.16. The highest BCUT2D eigenvalue weighted by molar-refractivity contribution is 5.92. The van der Waals surface area contributed by atoms with Gasteiger partial charge in [-0.15, -0.1) is 0 Å². The van der Waals surface area contributed by atoms with Crippen molar-refractivity contribution < 1.29 is 19.0 Å². The smallest absolute Gasteiger partial charge is 0.409 e. The van der Waals surface area contributed by atoms with Crippen molar-refractivity contribution in [2.75, 3.05) is 10.6 Å². The van der Waals surface area contributed by atoms with Crippen molar-refractivity contribution in [1.29, 1.82) is 5.26 Å². The number of rotatable bonds is 5. The number of aryl methyl sites for hydroxylation is 1. The molecule has 154 valence electrons. The summed E-state index contributed by atoms with van der Waals surface area (Å²) in [6, 6.07) is 15.0. The van der Waals surface area contributed by atoms with Crippen molar-refractivity contribution >= 4 is 28.7 Å². The van der Waals surface area contributed by atoms with E-state index in [1.807, 2.05) is 0 Å². The van der Waals surface area contributed by atoms with Crippen LogP contribution in [0.2, 0.25) is 0 Å². The summed E-state index contributed by atoms with van der Waals surface area (Å²) in [4.78, 5) is 11.0. The number of fused-ring (bicyclic) bond motifs is 1. The molecule has 0 radical (unpaired) electrons. The standard InChI is InChI=1S/C22H16FN5O3/c1-13-18(27-22(29)30)12-28-21(13)20(14(10-24)11-25-28)26-15-6-8-16(9-7-15)31-19-5-3-2-4-17(19)23/h2-9,11-12,26-27H,1H3,(H,29,30). The van der Waals surface area contributed by atoms with Gasteiger partial charge in [0.2, 0.25) is 0 Å². The van der Waals surface area contributed by atoms with Gasteiger partial charge in [-0.2, -0.15) is 10.4 Å². The highest BCUT2D eigenvalue weighted by Crippen LogP contribution is 2.33. The Morgan fingerprint density at radius 1 is 1.23 bits per heavy atom. The zero-order chi connectivity index (χ0) is 22.0. The number of carbonyl (C=O) groups is 1. The summed E-state index contributed by atoms with van der Waals surface area (Å²) < 4.78 is 20.8. The summed E-state index contributed by atoms with van der Waals surface area (Å²) >= 11 is 0. The summed E-state index contributed by atoms with van der Waals surface area (Å²) in [5.41, 5.74) is 2.98. The average Bonchev–Trinajstić information content (AvgIpc) is 3.06. The molecule has 3 N–H and O–H groups in total. The van der Waals surface area contributed by atoms with Crippen LogP contribution in [0.4, 0.5) is 26.2 Å². The number of carboxylic acid groups (broad SMARTS) is 1. The van der Waals surface area contributed by atoms with Gasteiger partial charge in [-0.25, -0.2) is 13.7 Å². The zero-order valence-electron chi connectivity index (χ0n) is 16.3. The van der Waals surface area contributed by atoms with E-state index in [0.717, 1.165) is 0 Å². The predicted octanol–water partition coefficient (Wildman–Crippen LogP) is 5.28. The third-order valence-corrected chi connectivity index (χ3v) is 4.61. The van der Waals surface area contributed by atoms with Gasteiger partial charge in [0.25, 0.3) is 0 Å². The van der Waals surface area contributed by atoms with Crippen molar-refractivity contribution in [3.63, 3.8) is 0 Å². The van der Waals surface area contributed by atoms with Crippen molar-refractivity contribution in [2.45, 2.75) is 6.92 Å². The van der Waals surface area contributed by atoms with Crippen molar-refractivity contribution in [2.24, 2.45) is 0 Å². The topological polar surface area (TPSA) is 112 Å². The lowest BCUT2D eigenvalue weighted by molar-refractivity contribution is 0.209. The van der Waals surface area contributed by atoms with Gasteiger partial charge in [-0.1, -0.05) is 12.1 Å². The lowest BCUT2D eigenvalue weighted by Gasteiger charge is -2.12. The Bertz CT molecular complexity index is 1330. The van der Waals surface area contributed by atoms with Crippen LogP contribution in [0.3, 0.4) is 0 Å². The van der Waals surface area contributed by atoms with Crippen LogP contribution in [0.1, 0.15) is 11.1 Å². The van der Waals surface area contributed by atoms with Gasteiger partial charge in [0, 0.05) is 11.3 Å². The molecule has 0 bridgehead atoms. The quantitative estimate of drug-likeness (QED) is 0.407. The molecule has 0 aliphatic carbocycles. The highest BCUT2D eigenvalue weighted by atomic mass is 19.1. The van der Waals surface area contributed by atoms with E-state index in [9.17, 15) is 14.4 Å². The number of para-hydroxylation sites is 1. The summed E-state index contributed by atoms with van der Waals surface area (Å²) in [5.74, 6) is 0.105. The van der Waals surface area contributed by atoms with Gasteiger partial charge in [0.05, 0.1) is 34.8 Å². The lowest BCUT2D eigenvalue weighted by Crippen LogP contribution is -2.07. The van der Waals surface area contributed by atoms with Crippen LogP contribution < -0.4 is 15.4 Å². The molecular weight excluding hydrogens is 401 g/mol. The second-order valence-corrected chi connectivity index (χ2v) is 6.62. The first kappa shape index (κ1) is 19.7. The summed E-state index contributed by atoms with van der Waals surface area (Å²) in [6.45, 7) is 1.74. The zero-order valence-corrected chi connectivity index (χ0v) is 16.3. The van der Waals surface area contributed by atoms with E-state index in [-0.39, 0.29) is 5.75 Å². The van der Waals surface area contributed by atoms with E-state index in [0.29, 0.717) is 39.5 Å². The molecular formula is C22H16FN5O3. The minimum atomic E-state index is -1.19. The Morgan fingerprint density at radius 2 is 1.97 bits per heavy atom. The minimum absolute atomic E-state index is 0.119. The SMILES string of the molecule is Cc1c(NC(=O)O)cn2ncc(C#N)c(Nc3ccc(Oc4ccccc4F)cc3)c12. The number of anilines is 3. The second kappa shape index (κ2) is 8.04. The van der Waals surface area contributed by atoms with E-state index < -0.39 is 11.9 Å². The van der Waals surface area contributed by atoms with Gasteiger partial charge in [-0.3, -0.25) is 5.32 Å². The summed E-state index contributed by atoms with van der Waals surface area (Å²) in [5, 5.41) is 28.2. The van der Waals surface area contributed by atoms with E-state index in [2.05, 4.69) is 21.8 Å². The van der Waals surface area contributed by atoms with Crippen LogP contribution in [0, 0.1) is 24.1 Å². The molecule has 2 heterocycles. The molecule has 0 spiro atoms. The second-order valence-electron chi connectivity index (χ2n) is 6.62. The van der Waals surface area contributed by atoms with Crippen LogP contribution in [0.5, 0.6) is 11.5 Å². The van der Waals surface area contributed by atoms with Gasteiger partial charge < -0.3 is 15.2 Å². The molecule has 1 amide bonds. The molecule has 0 atom stereocenters. The van der Waals surface area contributed by atoms with Crippen molar-refractivity contribution in [3.8, 4) is 17.6 Å². The molecule has 2 aromatic carbocycles. The third kappa shape index (κ3) is 3.95. The molecule has 4 rings (SSSR count). The lowest BCUT2D eigenvalue weighted by atomic mass is 10.1. The number of aromatic nitrogens is 2. The Hall–Kier alpha value is -4.58. The van der Waals surface area contributed by atoms with Crippen molar-refractivity contribution in [3.05, 3.63) is 77.9 Å². The number of amides is 1. The number of ether oxygens (including phenoxy) is 1. The maximum atomic E-state index is 13.8. The molecule has 9 heteroatoms. The number of benzene rings is 2. The van der Waals surface area contributed by atoms with Crippen LogP contribution in [-0.2, 0) is 0 Å². The molecule has 0 aliphatic heterocycles. The predicted molar refractivity (Wildman–Crippen MR) is 112 cm³/mol. The largest absolute Gasteiger partial charge is 0.465 e. The van der Waals surface area contributed by atoms with Gasteiger partial charge >= 0.3 is 6.09 Å². The Labute approximate surface area is 176 Å². The van der Waals surface area contributed by atoms with Crippen LogP contribution in [-0.4, -0.2) is 20.8 Å². The fraction of sp³-hybridized carbons (Fsp3) is 0.0455. The van der Waals surface area contributed by atoms with E-state index in [1.165, 1.54) is 29.0 Å². The summed E-state index contributed by atoms with van der Waals surface area (Å²) in [7, 11) is 0. The maximum absolute atomic E-state index is 13.8. The Kier molecular flexibility index (Phi) is 5.12. The average molecular weight is 417 g/mol. The molecule has 4 aromatic rings. The van der Waals surface area contributed by atoms with Crippen LogP contribution >= 0.6 is 0 Å². The van der Waals surface area contributed by atoms with E-state index in [4.69, 9.17) is 9.84 Å². The van der Waals surface area contributed by atoms with E-state index >= 15 is 0 Å². The third-order valence-electron chi connectivity index (χ3n) is 4.61. The molecule has 0 saturated carbocycles. The van der Waals surface area contributed by atoms with E-state index in [1.54, 1.807) is 43.3 Å². The molecule has 2 aromatic heterocycles. The Morgan fingerprint density at radius 3 is 2.65 bits per heavy atom. The fourth-order valence-corrected chi connectivity index (χ4v) is 3.15. The molecule has 0 fully saturated rings. The minimum Gasteiger partial charge on any atom is -0.465 e. The number of hydrogen-bond acceptors (Lipinski definition) is 5. The first-order chi connectivity index (χ1) is 15.0. The fourth-order valence-electron chi connectivity index (χ4n) is 3.15. The number of nitrogens with zero attached hydrogens (tertiary/aromatic N) is 3. The molecule has 31 heavy (non-hydrogen) atoms. The van der Waals surface area contributed by atoms with Gasteiger partial charge in [0.15, 0.2) is 11.6 Å². The van der Waals surface area contributed by atoms with Crippen LogP contribution in [0.25, 0.3) is 5.52 Å². The Balaban J connectivity index is 1.66. The number of nitriles is 1. The molecule has 0 aliphatic rings. The number of hydrogen-bond donors (Lipinski definition) is 3. The number of nitrogens with one attached hydrogen (secondary N) is 2. The molecule has 0 saturated heterocycles. The molecule has 8 nitrogen and oxygen atoms in total. The van der Waals surface area contributed by atoms with Crippen LogP contribution in [0.15, 0.2) is 60.9 Å². The highest BCUT2D eigenvalue weighted by Gasteiger charge is 2.17. The normalized spacial score (nSPS) is 10.5. The maximum Gasteiger partial charge on any atom is 0.409 e. The molecule has 0 unspecified atom stereocenters. The van der Waals surface area contributed by atoms with Gasteiger partial charge in [0.1, 0.15) is 11.8 Å². The monoisotopic (exact) mass is 417 g/mol. The number of halogens is 1. The first-order valence-electron chi connectivity index (χ1n) is 9.16. The summed E-state index contributed by atoms with van der Waals surface area (Å²) in [6.07, 6.45) is 1.74. The van der Waals surface area contributed by atoms with Crippen molar-refractivity contribution in [1.82, 2.24) is 9.61 Å². The van der Waals surface area contributed by atoms with Gasteiger partial charge in [-0.05, 0) is 43.3 Å².